The van der Waals surface area contributed by atoms with Gasteiger partial charge in [-0.25, -0.2) is 0 Å². The maximum absolute atomic E-state index is 12.1. The molecule has 0 aliphatic rings. The Kier molecular flexibility index (Phi) is 37.0. The monoisotopic (exact) mass is 697 g/mol. The van der Waals surface area contributed by atoms with Crippen LogP contribution in [-0.2, 0) is 19.1 Å². The normalized spacial score (nSPS) is 13.9. The van der Waals surface area contributed by atoms with Crippen molar-refractivity contribution in [2.45, 2.75) is 130 Å². The second-order valence-corrected chi connectivity index (χ2v) is 11.9. The predicted octanol–water partition coefficient (Wildman–Crippen LogP) is 13.4. The van der Waals surface area contributed by atoms with E-state index in [9.17, 15) is 9.59 Å². The molecule has 4 heteroatoms. The molecule has 0 aromatic rings. The molecule has 0 aliphatic carbocycles. The molecule has 0 heterocycles. The van der Waals surface area contributed by atoms with E-state index in [2.05, 4.69) is 148 Å². The van der Waals surface area contributed by atoms with Gasteiger partial charge in [-0.15, -0.1) is 0 Å². The highest BCUT2D eigenvalue weighted by molar-refractivity contribution is 5.70. The van der Waals surface area contributed by atoms with E-state index in [0.717, 1.165) is 77.0 Å². The van der Waals surface area contributed by atoms with E-state index in [1.807, 2.05) is 12.2 Å². The minimum Gasteiger partial charge on any atom is -0.462 e. The minimum absolute atomic E-state index is 0.0776. The zero-order valence-corrected chi connectivity index (χ0v) is 32.1. The summed E-state index contributed by atoms with van der Waals surface area (Å²) in [6.45, 7) is 6.12. The summed E-state index contributed by atoms with van der Waals surface area (Å²) < 4.78 is 10.6. The lowest BCUT2D eigenvalue weighted by Gasteiger charge is -2.13. The molecular formula is C47H68O4. The zero-order valence-electron chi connectivity index (χ0n) is 32.1. The van der Waals surface area contributed by atoms with Gasteiger partial charge in [0.25, 0.3) is 0 Å². The van der Waals surface area contributed by atoms with Gasteiger partial charge >= 0.3 is 11.9 Å². The zero-order chi connectivity index (χ0) is 37.1. The molecule has 0 aromatic heterocycles. The number of esters is 2. The van der Waals surface area contributed by atoms with Gasteiger partial charge in [0, 0.05) is 12.8 Å². The van der Waals surface area contributed by atoms with Crippen molar-refractivity contribution in [2.75, 3.05) is 6.61 Å². The number of carbonyl (C=O) groups excluding carboxylic acids is 2. The van der Waals surface area contributed by atoms with Crippen molar-refractivity contribution < 1.29 is 19.1 Å². The van der Waals surface area contributed by atoms with Crippen molar-refractivity contribution in [1.29, 1.82) is 0 Å². The summed E-state index contributed by atoms with van der Waals surface area (Å²) >= 11 is 0. The van der Waals surface area contributed by atoms with E-state index >= 15 is 0 Å². The topological polar surface area (TPSA) is 52.6 Å². The Hall–Kier alpha value is -4.18. The van der Waals surface area contributed by atoms with Crippen LogP contribution < -0.4 is 0 Å². The molecule has 0 N–H and O–H groups in total. The summed E-state index contributed by atoms with van der Waals surface area (Å²) in [7, 11) is 0. The highest BCUT2D eigenvalue weighted by Gasteiger charge is 2.11. The Labute approximate surface area is 312 Å². The molecule has 0 saturated carbocycles. The first-order valence-electron chi connectivity index (χ1n) is 19.2. The Morgan fingerprint density at radius 3 is 0.941 bits per heavy atom. The number of rotatable bonds is 31. The van der Waals surface area contributed by atoms with Crippen LogP contribution in [0.3, 0.4) is 0 Å². The number of hydrogen-bond acceptors (Lipinski definition) is 4. The average molecular weight is 697 g/mol. The lowest BCUT2D eigenvalue weighted by Crippen LogP contribution is -2.22. The van der Waals surface area contributed by atoms with Gasteiger partial charge in [0.15, 0.2) is 0 Å². The van der Waals surface area contributed by atoms with Crippen molar-refractivity contribution >= 4 is 11.9 Å². The van der Waals surface area contributed by atoms with Crippen LogP contribution in [0.5, 0.6) is 0 Å². The number of ether oxygens (including phenoxy) is 2. The summed E-state index contributed by atoms with van der Waals surface area (Å²) in [6, 6.07) is 0. The van der Waals surface area contributed by atoms with E-state index in [-0.39, 0.29) is 18.5 Å². The van der Waals surface area contributed by atoms with Crippen LogP contribution in [0.4, 0.5) is 0 Å². The van der Waals surface area contributed by atoms with Crippen LogP contribution >= 0.6 is 0 Å². The van der Waals surface area contributed by atoms with Gasteiger partial charge in [0.2, 0.25) is 0 Å². The summed E-state index contributed by atoms with van der Waals surface area (Å²) in [5.74, 6) is -0.563. The second-order valence-electron chi connectivity index (χ2n) is 11.9. The maximum Gasteiger partial charge on any atom is 0.306 e. The smallest absolute Gasteiger partial charge is 0.306 e. The highest BCUT2D eigenvalue weighted by Crippen LogP contribution is 2.04. The highest BCUT2D eigenvalue weighted by atomic mass is 16.6. The fourth-order valence-electron chi connectivity index (χ4n) is 4.28. The fraction of sp³-hybridized carbons (Fsp3) is 0.447. The van der Waals surface area contributed by atoms with Crippen LogP contribution in [0.1, 0.15) is 124 Å². The summed E-state index contributed by atoms with van der Waals surface area (Å²) in [5, 5.41) is 0. The molecule has 0 aliphatic heterocycles. The molecule has 0 rings (SSSR count). The SMILES string of the molecule is CC/C=C\C/C=C\C/C=C\C/C=C\C/C=C\C/C=C\CCC(=O)OCC(C)OC(=O)CC/C=C\C/C=C\C/C=C\C/C=C\C/C=C\C/C=C\CC. The standard InChI is InChI=1S/C47H68O4/c1-4-6-8-10-12-14-16-18-20-22-24-26-28-30-32-34-36-38-40-42-46(48)50-44-45(3)51-47(49)43-41-39-37-35-33-31-29-27-25-23-21-19-17-15-13-11-9-7-5-2/h6-9,12-15,18-21,24-27,30-33,36-39,45H,4-5,10-11,16-17,22-23,28-29,34-35,40-44H2,1-3H3/b8-6-,9-7-,14-12-,15-13-,20-18-,21-19-,26-24-,27-25-,32-30-,33-31-,38-36-,39-37-. The van der Waals surface area contributed by atoms with Crippen LogP contribution in [-0.4, -0.2) is 24.6 Å². The first-order valence-corrected chi connectivity index (χ1v) is 19.2. The van der Waals surface area contributed by atoms with Crippen molar-refractivity contribution in [3.05, 3.63) is 146 Å². The van der Waals surface area contributed by atoms with E-state index in [1.54, 1.807) is 6.92 Å². The predicted molar refractivity (Wildman–Crippen MR) is 221 cm³/mol. The lowest BCUT2D eigenvalue weighted by molar-refractivity contribution is -0.157. The Bertz CT molecular complexity index is 1200. The van der Waals surface area contributed by atoms with Crippen molar-refractivity contribution in [2.24, 2.45) is 0 Å². The Morgan fingerprint density at radius 1 is 0.392 bits per heavy atom. The third kappa shape index (κ3) is 40.1. The third-order valence-electron chi connectivity index (χ3n) is 7.03. The molecular weight excluding hydrogens is 629 g/mol. The molecule has 4 nitrogen and oxygen atoms in total. The number of allylic oxidation sites excluding steroid dienone is 24. The van der Waals surface area contributed by atoms with Gasteiger partial charge in [-0.1, -0.05) is 160 Å². The van der Waals surface area contributed by atoms with Crippen molar-refractivity contribution in [3.63, 3.8) is 0 Å². The first-order chi connectivity index (χ1) is 25.1. The first kappa shape index (κ1) is 46.8. The van der Waals surface area contributed by atoms with Crippen LogP contribution in [0.25, 0.3) is 0 Å². The lowest BCUT2D eigenvalue weighted by atomic mass is 10.2. The van der Waals surface area contributed by atoms with E-state index in [0.29, 0.717) is 25.7 Å². The molecule has 0 bridgehead atoms. The minimum atomic E-state index is -0.461. The summed E-state index contributed by atoms with van der Waals surface area (Å²) in [6.07, 6.45) is 64.9. The Morgan fingerprint density at radius 2 is 0.647 bits per heavy atom. The third-order valence-corrected chi connectivity index (χ3v) is 7.03. The average Bonchev–Trinajstić information content (AvgIpc) is 3.12. The van der Waals surface area contributed by atoms with Crippen LogP contribution in [0, 0.1) is 0 Å². The van der Waals surface area contributed by atoms with Gasteiger partial charge < -0.3 is 9.47 Å². The molecule has 0 fully saturated rings. The van der Waals surface area contributed by atoms with Gasteiger partial charge in [-0.3, -0.25) is 9.59 Å². The van der Waals surface area contributed by atoms with Gasteiger partial charge in [0.1, 0.15) is 12.7 Å². The molecule has 51 heavy (non-hydrogen) atoms. The molecule has 0 saturated heterocycles. The van der Waals surface area contributed by atoms with Crippen molar-refractivity contribution in [3.8, 4) is 0 Å². The molecule has 0 spiro atoms. The van der Waals surface area contributed by atoms with Crippen LogP contribution in [0.15, 0.2) is 146 Å². The molecule has 0 aromatic carbocycles. The molecule has 1 unspecified atom stereocenters. The summed E-state index contributed by atoms with van der Waals surface area (Å²) in [4.78, 5) is 24.1. The van der Waals surface area contributed by atoms with Gasteiger partial charge in [-0.2, -0.15) is 0 Å². The fourth-order valence-corrected chi connectivity index (χ4v) is 4.28. The summed E-state index contributed by atoms with van der Waals surface area (Å²) in [5.41, 5.74) is 0. The molecule has 280 valence electrons. The maximum atomic E-state index is 12.1. The molecule has 0 radical (unpaired) electrons. The van der Waals surface area contributed by atoms with Crippen molar-refractivity contribution in [1.82, 2.24) is 0 Å². The Balaban J connectivity index is 3.77. The number of hydrogen-bond donors (Lipinski definition) is 0. The van der Waals surface area contributed by atoms with Crippen LogP contribution in [0.2, 0.25) is 0 Å². The quantitative estimate of drug-likeness (QED) is 0.0535. The van der Waals surface area contributed by atoms with Gasteiger partial charge in [-0.05, 0) is 96.8 Å². The van der Waals surface area contributed by atoms with Gasteiger partial charge in [0.05, 0.1) is 0 Å². The molecule has 0 amide bonds. The van der Waals surface area contributed by atoms with E-state index in [4.69, 9.17) is 9.47 Å². The van der Waals surface area contributed by atoms with E-state index in [1.165, 1.54) is 0 Å². The largest absolute Gasteiger partial charge is 0.462 e. The number of carbonyl (C=O) groups is 2. The second kappa shape index (κ2) is 40.3. The molecule has 1 atom stereocenters. The van der Waals surface area contributed by atoms with E-state index < -0.39 is 6.10 Å².